The van der Waals surface area contributed by atoms with Gasteiger partial charge in [-0.3, -0.25) is 19.5 Å². The fourth-order valence-electron chi connectivity index (χ4n) is 6.66. The lowest BCUT2D eigenvalue weighted by atomic mass is 9.68. The van der Waals surface area contributed by atoms with Crippen LogP contribution in [0.15, 0.2) is 34.4 Å². The third-order valence-electron chi connectivity index (χ3n) is 8.87. The van der Waals surface area contributed by atoms with Gasteiger partial charge in [0.2, 0.25) is 5.91 Å². The van der Waals surface area contributed by atoms with Gasteiger partial charge in [0.15, 0.2) is 18.1 Å². The Morgan fingerprint density at radius 1 is 1.23 bits per heavy atom. The molecule has 3 atom stereocenters. The van der Waals surface area contributed by atoms with Gasteiger partial charge in [-0.15, -0.1) is 0 Å². The van der Waals surface area contributed by atoms with Crippen molar-refractivity contribution in [2.75, 3.05) is 44.6 Å². The molecule has 234 valence electrons. The third-order valence-corrected chi connectivity index (χ3v) is 8.87. The van der Waals surface area contributed by atoms with E-state index in [1.165, 1.54) is 12.7 Å². The molecule has 0 aromatic carbocycles. The molecule has 2 aromatic rings. The van der Waals surface area contributed by atoms with Crippen LogP contribution < -0.4 is 10.6 Å². The zero-order valence-electron chi connectivity index (χ0n) is 25.2. The molecule has 13 nitrogen and oxygen atoms in total. The number of anilines is 1. The number of nitrogens with one attached hydrogen (secondary N) is 2. The zero-order valence-corrected chi connectivity index (χ0v) is 25.2. The summed E-state index contributed by atoms with van der Waals surface area (Å²) in [6, 6.07) is 2.00. The summed E-state index contributed by atoms with van der Waals surface area (Å²) in [5.74, 6) is 1.79. The molecule has 2 aromatic heterocycles. The predicted octanol–water partition coefficient (Wildman–Crippen LogP) is 2.25. The molecule has 0 saturated carbocycles. The molecule has 3 aliphatic rings. The molecule has 2 amide bonds. The highest BCUT2D eigenvalue weighted by Crippen LogP contribution is 2.44. The average molecular weight is 597 g/mol. The summed E-state index contributed by atoms with van der Waals surface area (Å²) < 4.78 is 11.2. The molecule has 0 aliphatic carbocycles. The summed E-state index contributed by atoms with van der Waals surface area (Å²) in [7, 11) is 0. The Morgan fingerprint density at radius 2 is 2.07 bits per heavy atom. The zero-order chi connectivity index (χ0) is 30.2. The van der Waals surface area contributed by atoms with Crippen LogP contribution in [0.1, 0.15) is 75.0 Å². The Labute approximate surface area is 252 Å². The quantitative estimate of drug-likeness (QED) is 0.351. The van der Waals surface area contributed by atoms with Crippen LogP contribution in [0.3, 0.4) is 0 Å². The van der Waals surface area contributed by atoms with Crippen molar-refractivity contribution in [1.82, 2.24) is 30.1 Å². The van der Waals surface area contributed by atoms with Crippen LogP contribution in [0.2, 0.25) is 0 Å². The maximum absolute atomic E-state index is 12.9. The van der Waals surface area contributed by atoms with Gasteiger partial charge in [-0.05, 0) is 32.1 Å². The monoisotopic (exact) mass is 596 g/mol. The number of rotatable bonds is 11. The normalized spacial score (nSPS) is 23.7. The number of aromatic nitrogens is 3. The molecule has 0 spiro atoms. The van der Waals surface area contributed by atoms with E-state index < -0.39 is 6.10 Å². The van der Waals surface area contributed by atoms with Crippen molar-refractivity contribution in [3.05, 3.63) is 36.4 Å². The number of piperidine rings is 2. The summed E-state index contributed by atoms with van der Waals surface area (Å²) in [5, 5.41) is 17.0. The summed E-state index contributed by atoms with van der Waals surface area (Å²) >= 11 is 0. The lowest BCUT2D eigenvalue weighted by Crippen LogP contribution is -2.55. The molecule has 5 rings (SSSR count). The Morgan fingerprint density at radius 3 is 2.81 bits per heavy atom. The lowest BCUT2D eigenvalue weighted by molar-refractivity contribution is -0.129. The van der Waals surface area contributed by atoms with E-state index in [2.05, 4.69) is 37.4 Å². The molecule has 0 bridgehead atoms. The topological polar surface area (TPSA) is 158 Å². The largest absolute Gasteiger partial charge is 0.473 e. The number of oxazole rings is 1. The van der Waals surface area contributed by atoms with Gasteiger partial charge in [0, 0.05) is 70.1 Å². The molecule has 3 N–H and O–H groups in total. The van der Waals surface area contributed by atoms with E-state index in [1.807, 2.05) is 4.90 Å². The first kappa shape index (κ1) is 30.9. The maximum Gasteiger partial charge on any atom is 0.270 e. The molecule has 2 unspecified atom stereocenters. The number of aliphatic imine (C=N–C) groups is 1. The molecule has 43 heavy (non-hydrogen) atoms. The fraction of sp³-hybridized carbons (Fsp3) is 0.667. The van der Waals surface area contributed by atoms with Gasteiger partial charge < -0.3 is 29.8 Å². The van der Waals surface area contributed by atoms with Gasteiger partial charge >= 0.3 is 0 Å². The first-order valence-electron chi connectivity index (χ1n) is 15.4. The summed E-state index contributed by atoms with van der Waals surface area (Å²) in [4.78, 5) is 45.9. The number of nitrogens with zero attached hydrogens (tertiary/aromatic N) is 6. The minimum Gasteiger partial charge on any atom is -0.473 e. The number of aliphatic hydroxyl groups excluding tert-OH is 1. The van der Waals surface area contributed by atoms with Crippen LogP contribution >= 0.6 is 0 Å². The van der Waals surface area contributed by atoms with Crippen LogP contribution in [-0.4, -0.2) is 105 Å². The minimum absolute atomic E-state index is 0.0577. The fourth-order valence-corrected chi connectivity index (χ4v) is 6.66. The maximum atomic E-state index is 12.9. The van der Waals surface area contributed by atoms with Crippen molar-refractivity contribution in [3.8, 4) is 0 Å². The Hall–Kier alpha value is -3.58. The van der Waals surface area contributed by atoms with E-state index >= 15 is 0 Å². The smallest absolute Gasteiger partial charge is 0.270 e. The van der Waals surface area contributed by atoms with Gasteiger partial charge in [-0.2, -0.15) is 0 Å². The van der Waals surface area contributed by atoms with Crippen LogP contribution in [0, 0.1) is 5.41 Å². The molecule has 3 aliphatic heterocycles. The second-order valence-electron chi connectivity index (χ2n) is 12.0. The number of ether oxygens (including phenoxy) is 1. The number of carbonyl (C=O) groups is 2. The lowest BCUT2D eigenvalue weighted by Gasteiger charge is -2.49. The van der Waals surface area contributed by atoms with Crippen molar-refractivity contribution >= 4 is 23.5 Å². The van der Waals surface area contributed by atoms with Crippen LogP contribution in [-0.2, 0) is 16.1 Å². The number of hydrogen-bond acceptors (Lipinski definition) is 11. The minimum atomic E-state index is -0.710. The number of β-amino-alcohol motifs (C(OH)–C–C–N with tert-alkyl or cyclic N) is 1. The van der Waals surface area contributed by atoms with E-state index in [1.54, 1.807) is 19.2 Å². The van der Waals surface area contributed by atoms with Crippen LogP contribution in [0.25, 0.3) is 0 Å². The third kappa shape index (κ3) is 8.08. The van der Waals surface area contributed by atoms with Gasteiger partial charge in [-0.25, -0.2) is 15.0 Å². The summed E-state index contributed by atoms with van der Waals surface area (Å²) in [5.41, 5.74) is 0.303. The SMILES string of the molecule is CCCC12CCC(OCc3cnco3)=NC1CCN(C[C@@H](O)CNC(=O)c1cc(NC3CCN(C(C)=O)CC3)ncn1)C2. The van der Waals surface area contributed by atoms with Crippen molar-refractivity contribution in [1.29, 1.82) is 0 Å². The van der Waals surface area contributed by atoms with E-state index in [0.29, 0.717) is 37.8 Å². The highest BCUT2D eigenvalue weighted by molar-refractivity contribution is 5.92. The second kappa shape index (κ2) is 14.3. The number of carbonyl (C=O) groups excluding carboxylic acids is 2. The molecule has 13 heteroatoms. The Bertz CT molecular complexity index is 1250. The predicted molar refractivity (Wildman–Crippen MR) is 159 cm³/mol. The van der Waals surface area contributed by atoms with Gasteiger partial charge in [0.25, 0.3) is 5.91 Å². The van der Waals surface area contributed by atoms with Crippen molar-refractivity contribution in [2.45, 2.75) is 83.6 Å². The van der Waals surface area contributed by atoms with E-state index in [9.17, 15) is 14.7 Å². The number of amides is 2. The standard InChI is InChI=1S/C30H44N8O5/c1-3-8-30-9-4-28(42-17-24-15-31-20-43-24)36-26(30)7-10-37(18-30)16-23(40)14-32-29(41)25-13-27(34-19-33-25)35-22-5-11-38(12-6-22)21(2)39/h13,15,19-20,22-23,26,40H,3-12,14,16-18H2,1-2H3,(H,32,41)(H,33,34,35)/t23-,26?,30?/m0/s1. The van der Waals surface area contributed by atoms with Crippen LogP contribution in [0.5, 0.6) is 0 Å². The average Bonchev–Trinajstić information content (AvgIpc) is 3.53. The number of fused-ring (bicyclic) bond motifs is 1. The van der Waals surface area contributed by atoms with Gasteiger partial charge in [0.1, 0.15) is 24.4 Å². The van der Waals surface area contributed by atoms with Crippen molar-refractivity contribution < 1.29 is 23.8 Å². The highest BCUT2D eigenvalue weighted by Gasteiger charge is 2.45. The number of aliphatic hydroxyl groups is 1. The molecular weight excluding hydrogens is 552 g/mol. The second-order valence-corrected chi connectivity index (χ2v) is 12.0. The number of likely N-dealkylation sites (tertiary alicyclic amines) is 2. The molecule has 2 saturated heterocycles. The van der Waals surface area contributed by atoms with Crippen LogP contribution in [0.4, 0.5) is 5.82 Å². The molecule has 5 heterocycles. The van der Waals surface area contributed by atoms with Gasteiger partial charge in [0.05, 0.1) is 18.3 Å². The highest BCUT2D eigenvalue weighted by atomic mass is 16.5. The van der Waals surface area contributed by atoms with E-state index in [4.69, 9.17) is 14.1 Å². The molecule has 2 fully saturated rings. The molecular formula is C30H44N8O5. The van der Waals surface area contributed by atoms with E-state index in [0.717, 1.165) is 63.9 Å². The first-order chi connectivity index (χ1) is 20.8. The number of hydrogen-bond donors (Lipinski definition) is 3. The summed E-state index contributed by atoms with van der Waals surface area (Å²) in [6.07, 6.45) is 10.2. The van der Waals surface area contributed by atoms with Gasteiger partial charge in [-0.1, -0.05) is 13.3 Å². The molecule has 0 radical (unpaired) electrons. The summed E-state index contributed by atoms with van der Waals surface area (Å²) in [6.45, 7) is 7.84. The van der Waals surface area contributed by atoms with E-state index in [-0.39, 0.29) is 41.6 Å². The Kier molecular flexibility index (Phi) is 10.2. The Balaban J connectivity index is 1.08. The van der Waals surface area contributed by atoms with Crippen molar-refractivity contribution in [3.63, 3.8) is 0 Å². The first-order valence-corrected chi connectivity index (χ1v) is 15.4. The van der Waals surface area contributed by atoms with Crippen molar-refractivity contribution in [2.24, 2.45) is 10.4 Å².